The highest BCUT2D eigenvalue weighted by Crippen LogP contribution is 2.23. The number of pyridine rings is 1. The monoisotopic (exact) mass is 284 g/mol. The Balaban J connectivity index is 2.22. The van der Waals surface area contributed by atoms with Crippen molar-refractivity contribution < 1.29 is 4.74 Å². The second-order valence-electron chi connectivity index (χ2n) is 4.28. The van der Waals surface area contributed by atoms with Crippen LogP contribution in [0.1, 0.15) is 19.4 Å². The van der Waals surface area contributed by atoms with Crippen molar-refractivity contribution in [2.75, 3.05) is 18.0 Å². The molecular formula is C12H17BrN2O. The third-order valence-electron chi connectivity index (χ3n) is 2.73. The Labute approximate surface area is 105 Å². The van der Waals surface area contributed by atoms with Crippen LogP contribution >= 0.6 is 15.9 Å². The highest BCUT2D eigenvalue weighted by molar-refractivity contribution is 9.08. The molecule has 2 heterocycles. The molecule has 3 nitrogen and oxygen atoms in total. The molecule has 1 aromatic rings. The van der Waals surface area contributed by atoms with Crippen LogP contribution in [0.5, 0.6) is 0 Å². The molecule has 88 valence electrons. The molecule has 2 atom stereocenters. The predicted molar refractivity (Wildman–Crippen MR) is 69.1 cm³/mol. The van der Waals surface area contributed by atoms with E-state index in [0.29, 0.717) is 0 Å². The molecule has 1 aliphatic rings. The largest absolute Gasteiger partial charge is 0.372 e. The van der Waals surface area contributed by atoms with Crippen molar-refractivity contribution >= 4 is 21.7 Å². The van der Waals surface area contributed by atoms with Crippen LogP contribution in [0.4, 0.5) is 5.82 Å². The molecule has 1 aliphatic heterocycles. The van der Waals surface area contributed by atoms with Crippen LogP contribution in [0.2, 0.25) is 0 Å². The van der Waals surface area contributed by atoms with Crippen molar-refractivity contribution in [1.82, 2.24) is 4.98 Å². The molecule has 0 bridgehead atoms. The molecule has 2 unspecified atom stereocenters. The molecule has 0 spiro atoms. The minimum absolute atomic E-state index is 0.272. The molecule has 1 aromatic heterocycles. The molecule has 1 saturated heterocycles. The van der Waals surface area contributed by atoms with E-state index < -0.39 is 0 Å². The van der Waals surface area contributed by atoms with E-state index in [4.69, 9.17) is 4.74 Å². The zero-order valence-corrected chi connectivity index (χ0v) is 11.3. The quantitative estimate of drug-likeness (QED) is 0.781. The molecule has 0 N–H and O–H groups in total. The summed E-state index contributed by atoms with van der Waals surface area (Å²) in [5.41, 5.74) is 1.24. The Hall–Kier alpha value is -0.610. The first kappa shape index (κ1) is 11.9. The third kappa shape index (κ3) is 2.55. The summed E-state index contributed by atoms with van der Waals surface area (Å²) in [5, 5.41) is 0.844. The maximum atomic E-state index is 5.73. The number of hydrogen-bond acceptors (Lipinski definition) is 3. The van der Waals surface area contributed by atoms with Gasteiger partial charge in [0.25, 0.3) is 0 Å². The van der Waals surface area contributed by atoms with Crippen LogP contribution in [-0.4, -0.2) is 30.3 Å². The molecule has 0 radical (unpaired) electrons. The van der Waals surface area contributed by atoms with Gasteiger partial charge < -0.3 is 9.64 Å². The topological polar surface area (TPSA) is 25.4 Å². The number of hydrogen-bond donors (Lipinski definition) is 0. The summed E-state index contributed by atoms with van der Waals surface area (Å²) in [6.07, 6.45) is 2.40. The number of ether oxygens (including phenoxy) is 1. The highest BCUT2D eigenvalue weighted by atomic mass is 79.9. The number of halogens is 1. The first-order chi connectivity index (χ1) is 7.70. The molecule has 0 aliphatic carbocycles. The summed E-state index contributed by atoms with van der Waals surface area (Å²) in [7, 11) is 0. The van der Waals surface area contributed by atoms with E-state index in [2.05, 4.69) is 45.7 Å². The van der Waals surface area contributed by atoms with Gasteiger partial charge in [0.1, 0.15) is 5.82 Å². The molecule has 1 fully saturated rings. The van der Waals surface area contributed by atoms with E-state index in [1.165, 1.54) is 5.56 Å². The third-order valence-corrected chi connectivity index (χ3v) is 3.33. The zero-order chi connectivity index (χ0) is 11.5. The Kier molecular flexibility index (Phi) is 3.82. The van der Waals surface area contributed by atoms with Gasteiger partial charge in [0.15, 0.2) is 0 Å². The van der Waals surface area contributed by atoms with Gasteiger partial charge in [-0.3, -0.25) is 0 Å². The zero-order valence-electron chi connectivity index (χ0n) is 9.69. The molecule has 2 rings (SSSR count). The van der Waals surface area contributed by atoms with Gasteiger partial charge in [-0.2, -0.15) is 0 Å². The van der Waals surface area contributed by atoms with Gasteiger partial charge >= 0.3 is 0 Å². The number of morpholine rings is 1. The number of nitrogens with zero attached hydrogens (tertiary/aromatic N) is 2. The lowest BCUT2D eigenvalue weighted by atomic mass is 10.2. The van der Waals surface area contributed by atoms with Crippen molar-refractivity contribution in [3.05, 3.63) is 23.9 Å². The number of aromatic nitrogens is 1. The van der Waals surface area contributed by atoms with Gasteiger partial charge in [-0.15, -0.1) is 0 Å². The van der Waals surface area contributed by atoms with Crippen LogP contribution in [-0.2, 0) is 10.1 Å². The van der Waals surface area contributed by atoms with Crippen LogP contribution in [0.3, 0.4) is 0 Å². The fraction of sp³-hybridized carbons (Fsp3) is 0.583. The molecule has 0 amide bonds. The van der Waals surface area contributed by atoms with Gasteiger partial charge in [0.05, 0.1) is 12.2 Å². The molecule has 0 aromatic carbocycles. The Bertz CT molecular complexity index is 349. The van der Waals surface area contributed by atoms with Crippen LogP contribution in [0.15, 0.2) is 18.3 Å². The fourth-order valence-electron chi connectivity index (χ4n) is 2.17. The second kappa shape index (κ2) is 5.15. The molecule has 0 saturated carbocycles. The molecule has 16 heavy (non-hydrogen) atoms. The summed E-state index contributed by atoms with van der Waals surface area (Å²) in [4.78, 5) is 6.80. The van der Waals surface area contributed by atoms with E-state index in [-0.39, 0.29) is 12.2 Å². The van der Waals surface area contributed by atoms with Crippen molar-refractivity contribution in [2.45, 2.75) is 31.4 Å². The first-order valence-electron chi connectivity index (χ1n) is 5.61. The van der Waals surface area contributed by atoms with Gasteiger partial charge in [-0.25, -0.2) is 4.98 Å². The standard InChI is InChI=1S/C12H17BrN2O/c1-9-7-15(8-10(2)16-9)12-11(6-13)4-3-5-14-12/h3-5,9-10H,6-8H2,1-2H3. The fourth-order valence-corrected chi connectivity index (χ4v) is 2.61. The average molecular weight is 285 g/mol. The minimum atomic E-state index is 0.272. The van der Waals surface area contributed by atoms with Crippen LogP contribution < -0.4 is 4.90 Å². The van der Waals surface area contributed by atoms with Gasteiger partial charge in [0, 0.05) is 30.2 Å². The smallest absolute Gasteiger partial charge is 0.132 e. The Morgan fingerprint density at radius 3 is 2.75 bits per heavy atom. The van der Waals surface area contributed by atoms with Crippen molar-refractivity contribution in [2.24, 2.45) is 0 Å². The first-order valence-corrected chi connectivity index (χ1v) is 6.73. The van der Waals surface area contributed by atoms with E-state index in [1.807, 2.05) is 12.3 Å². The summed E-state index contributed by atoms with van der Waals surface area (Å²) < 4.78 is 5.73. The summed E-state index contributed by atoms with van der Waals surface area (Å²) in [5.74, 6) is 1.08. The maximum Gasteiger partial charge on any atom is 0.132 e. The lowest BCUT2D eigenvalue weighted by Gasteiger charge is -2.36. The molecule has 4 heteroatoms. The second-order valence-corrected chi connectivity index (χ2v) is 4.84. The van der Waals surface area contributed by atoms with Crippen molar-refractivity contribution in [1.29, 1.82) is 0 Å². The maximum absolute atomic E-state index is 5.73. The SMILES string of the molecule is CC1CN(c2ncccc2CBr)CC(C)O1. The van der Waals surface area contributed by atoms with Crippen LogP contribution in [0.25, 0.3) is 0 Å². The lowest BCUT2D eigenvalue weighted by molar-refractivity contribution is -0.00549. The summed E-state index contributed by atoms with van der Waals surface area (Å²) in [6.45, 7) is 6.06. The van der Waals surface area contributed by atoms with Crippen molar-refractivity contribution in [3.8, 4) is 0 Å². The Morgan fingerprint density at radius 2 is 2.12 bits per heavy atom. The number of alkyl halides is 1. The highest BCUT2D eigenvalue weighted by Gasteiger charge is 2.24. The Morgan fingerprint density at radius 1 is 1.44 bits per heavy atom. The van der Waals surface area contributed by atoms with Gasteiger partial charge in [0.2, 0.25) is 0 Å². The minimum Gasteiger partial charge on any atom is -0.372 e. The molecular weight excluding hydrogens is 268 g/mol. The lowest BCUT2D eigenvalue weighted by Crippen LogP contribution is -2.46. The van der Waals surface area contributed by atoms with Crippen LogP contribution in [0, 0.1) is 0 Å². The number of anilines is 1. The average Bonchev–Trinajstić information content (AvgIpc) is 2.27. The van der Waals surface area contributed by atoms with E-state index in [1.54, 1.807) is 0 Å². The predicted octanol–water partition coefficient (Wildman–Crippen LogP) is 2.59. The van der Waals surface area contributed by atoms with E-state index in [0.717, 1.165) is 24.2 Å². The summed E-state index contributed by atoms with van der Waals surface area (Å²) >= 11 is 3.51. The number of rotatable bonds is 2. The summed E-state index contributed by atoms with van der Waals surface area (Å²) in [6, 6.07) is 4.09. The van der Waals surface area contributed by atoms with E-state index >= 15 is 0 Å². The van der Waals surface area contributed by atoms with E-state index in [9.17, 15) is 0 Å². The van der Waals surface area contributed by atoms with Gasteiger partial charge in [-0.05, 0) is 19.9 Å². The van der Waals surface area contributed by atoms with Crippen molar-refractivity contribution in [3.63, 3.8) is 0 Å². The normalized spacial score (nSPS) is 25.8. The van der Waals surface area contributed by atoms with Gasteiger partial charge in [-0.1, -0.05) is 22.0 Å².